The van der Waals surface area contributed by atoms with E-state index in [1.54, 1.807) is 12.3 Å². The molecule has 1 atom stereocenters. The minimum absolute atomic E-state index is 0.0227. The number of fused-ring (bicyclic) bond motifs is 2. The summed E-state index contributed by atoms with van der Waals surface area (Å²) in [5, 5.41) is 2.16. The summed E-state index contributed by atoms with van der Waals surface area (Å²) in [5.41, 5.74) is 5.35. The summed E-state index contributed by atoms with van der Waals surface area (Å²) in [6, 6.07) is 24.8. The van der Waals surface area contributed by atoms with Crippen molar-refractivity contribution in [3.8, 4) is 11.3 Å². The number of hydrogen-bond acceptors (Lipinski definition) is 2. The second-order valence-electron chi connectivity index (χ2n) is 8.09. The molecule has 0 fully saturated rings. The van der Waals surface area contributed by atoms with E-state index in [4.69, 9.17) is 27.6 Å². The van der Waals surface area contributed by atoms with Crippen LogP contribution in [0.25, 0.3) is 22.2 Å². The summed E-state index contributed by atoms with van der Waals surface area (Å²) in [7, 11) is 0. The molecule has 1 N–H and O–H groups in total. The fourth-order valence-electron chi connectivity index (χ4n) is 4.77. The Labute approximate surface area is 200 Å². The number of rotatable bonds is 4. The van der Waals surface area contributed by atoms with Gasteiger partial charge in [-0.25, -0.2) is 0 Å². The number of carbonyl (C=O) groups excluding carboxylic acids is 1. The maximum absolute atomic E-state index is 13.6. The third-order valence-electron chi connectivity index (χ3n) is 6.18. The number of halogens is 2. The smallest absolute Gasteiger partial charge is 0.255 e. The first-order valence-electron chi connectivity index (χ1n) is 10.6. The van der Waals surface area contributed by atoms with Gasteiger partial charge in [0.15, 0.2) is 0 Å². The van der Waals surface area contributed by atoms with Gasteiger partial charge in [0.05, 0.1) is 29.6 Å². The maximum atomic E-state index is 13.6. The molecule has 0 unspecified atom stereocenters. The number of carbonyl (C=O) groups is 1. The van der Waals surface area contributed by atoms with Crippen molar-refractivity contribution in [3.63, 3.8) is 0 Å². The van der Waals surface area contributed by atoms with Gasteiger partial charge in [-0.3, -0.25) is 4.79 Å². The summed E-state index contributed by atoms with van der Waals surface area (Å²) >= 11 is 12.8. The standard InChI is InChI=1S/C27H18Cl2N2O2/c28-16-11-12-20(22(29)14-16)25-24(21-9-3-4-10-23(21)30-25)26-18-7-1-2-8-19(18)27(32)31(26)15-17-6-5-13-33-17/h1-14,26,30H,15H2/t26-/m0/s1. The van der Waals surface area contributed by atoms with Crippen LogP contribution in [0.1, 0.15) is 33.3 Å². The number of aromatic nitrogens is 1. The van der Waals surface area contributed by atoms with Gasteiger partial charge in [-0.2, -0.15) is 0 Å². The van der Waals surface area contributed by atoms with Crippen molar-refractivity contribution in [3.05, 3.63) is 118 Å². The number of benzene rings is 3. The molecule has 5 aromatic rings. The lowest BCUT2D eigenvalue weighted by atomic mass is 9.93. The molecular weight excluding hydrogens is 455 g/mol. The molecule has 6 heteroatoms. The van der Waals surface area contributed by atoms with Crippen LogP contribution in [0.15, 0.2) is 89.5 Å². The lowest BCUT2D eigenvalue weighted by molar-refractivity contribution is 0.0724. The van der Waals surface area contributed by atoms with E-state index in [0.717, 1.165) is 39.0 Å². The van der Waals surface area contributed by atoms with Gasteiger partial charge < -0.3 is 14.3 Å². The molecule has 0 saturated carbocycles. The zero-order valence-corrected chi connectivity index (χ0v) is 18.9. The molecule has 2 aromatic heterocycles. The minimum Gasteiger partial charge on any atom is -0.467 e. The highest BCUT2D eigenvalue weighted by atomic mass is 35.5. The van der Waals surface area contributed by atoms with Crippen molar-refractivity contribution >= 4 is 40.0 Å². The summed E-state index contributed by atoms with van der Waals surface area (Å²) in [6.45, 7) is 0.360. The fraction of sp³-hybridized carbons (Fsp3) is 0.0741. The number of furan rings is 1. The molecule has 1 aliphatic rings. The van der Waals surface area contributed by atoms with Crippen molar-refractivity contribution in [2.24, 2.45) is 0 Å². The molecule has 0 aliphatic carbocycles. The molecule has 3 aromatic carbocycles. The van der Waals surface area contributed by atoms with Gasteiger partial charge in [0.25, 0.3) is 5.91 Å². The van der Waals surface area contributed by atoms with Crippen molar-refractivity contribution in [2.75, 3.05) is 0 Å². The highest BCUT2D eigenvalue weighted by molar-refractivity contribution is 6.36. The number of nitrogens with one attached hydrogen (secondary N) is 1. The fourth-order valence-corrected chi connectivity index (χ4v) is 5.27. The molecule has 1 amide bonds. The van der Waals surface area contributed by atoms with E-state index in [9.17, 15) is 4.79 Å². The molecule has 1 aliphatic heterocycles. The van der Waals surface area contributed by atoms with E-state index < -0.39 is 0 Å². The van der Waals surface area contributed by atoms with Crippen LogP contribution >= 0.6 is 23.2 Å². The largest absolute Gasteiger partial charge is 0.467 e. The Bertz CT molecular complexity index is 1500. The first-order valence-corrected chi connectivity index (χ1v) is 11.4. The summed E-state index contributed by atoms with van der Waals surface area (Å²) in [5.74, 6) is 0.706. The average Bonchev–Trinajstić information content (AvgIpc) is 3.52. The van der Waals surface area contributed by atoms with Crippen molar-refractivity contribution in [2.45, 2.75) is 12.6 Å². The Morgan fingerprint density at radius 2 is 1.73 bits per heavy atom. The van der Waals surface area contributed by atoms with E-state index in [0.29, 0.717) is 22.2 Å². The summed E-state index contributed by atoms with van der Waals surface area (Å²) < 4.78 is 5.61. The zero-order chi connectivity index (χ0) is 22.5. The lowest BCUT2D eigenvalue weighted by Crippen LogP contribution is -2.28. The van der Waals surface area contributed by atoms with Crippen molar-refractivity contribution < 1.29 is 9.21 Å². The van der Waals surface area contributed by atoms with Crippen LogP contribution in [0, 0.1) is 0 Å². The second kappa shape index (κ2) is 7.84. The van der Waals surface area contributed by atoms with Crippen LogP contribution in [0.4, 0.5) is 0 Å². The van der Waals surface area contributed by atoms with Gasteiger partial charge in [0, 0.05) is 32.6 Å². The van der Waals surface area contributed by atoms with Crippen LogP contribution in [-0.2, 0) is 6.54 Å². The minimum atomic E-state index is -0.309. The number of aromatic amines is 1. The highest BCUT2D eigenvalue weighted by Crippen LogP contribution is 2.47. The van der Waals surface area contributed by atoms with Gasteiger partial charge in [0.1, 0.15) is 5.76 Å². The highest BCUT2D eigenvalue weighted by Gasteiger charge is 2.40. The first kappa shape index (κ1) is 20.2. The average molecular weight is 473 g/mol. The van der Waals surface area contributed by atoms with Gasteiger partial charge in [-0.05, 0) is 48.0 Å². The van der Waals surface area contributed by atoms with E-state index >= 15 is 0 Å². The van der Waals surface area contributed by atoms with Crippen LogP contribution < -0.4 is 0 Å². The molecular formula is C27H18Cl2N2O2. The van der Waals surface area contributed by atoms with Crippen molar-refractivity contribution in [1.29, 1.82) is 0 Å². The second-order valence-corrected chi connectivity index (χ2v) is 8.93. The third kappa shape index (κ3) is 3.26. The van der Waals surface area contributed by atoms with E-state index in [-0.39, 0.29) is 11.9 Å². The SMILES string of the molecule is O=C1c2ccccc2[C@@H](c2c(-c3ccc(Cl)cc3Cl)[nH]c3ccccc23)N1Cc1ccco1. The van der Waals surface area contributed by atoms with Crippen molar-refractivity contribution in [1.82, 2.24) is 9.88 Å². The summed E-state index contributed by atoms with van der Waals surface area (Å²) in [4.78, 5) is 19.0. The Kier molecular flexibility index (Phi) is 4.79. The predicted octanol–water partition coefficient (Wildman–Crippen LogP) is 7.48. The maximum Gasteiger partial charge on any atom is 0.255 e. The Balaban J connectivity index is 1.63. The van der Waals surface area contributed by atoms with Crippen LogP contribution in [0.5, 0.6) is 0 Å². The Hall–Kier alpha value is -3.47. The molecule has 0 radical (unpaired) electrons. The number of H-pyrrole nitrogens is 1. The predicted molar refractivity (Wildman–Crippen MR) is 131 cm³/mol. The van der Waals surface area contributed by atoms with E-state index in [1.165, 1.54) is 0 Å². The number of para-hydroxylation sites is 1. The molecule has 6 rings (SSSR count). The van der Waals surface area contributed by atoms with Crippen LogP contribution in [0.3, 0.4) is 0 Å². The molecule has 4 nitrogen and oxygen atoms in total. The van der Waals surface area contributed by atoms with Crippen LogP contribution in [-0.4, -0.2) is 15.8 Å². The Morgan fingerprint density at radius 1 is 0.909 bits per heavy atom. The molecule has 0 saturated heterocycles. The zero-order valence-electron chi connectivity index (χ0n) is 17.4. The summed E-state index contributed by atoms with van der Waals surface area (Å²) in [6.07, 6.45) is 1.63. The van der Waals surface area contributed by atoms with Gasteiger partial charge in [0.2, 0.25) is 0 Å². The van der Waals surface area contributed by atoms with E-state index in [2.05, 4.69) is 11.1 Å². The normalized spacial score (nSPS) is 15.4. The van der Waals surface area contributed by atoms with Gasteiger partial charge in [-0.15, -0.1) is 0 Å². The molecule has 162 valence electrons. The quantitative estimate of drug-likeness (QED) is 0.294. The number of nitrogens with zero attached hydrogens (tertiary/aromatic N) is 1. The Morgan fingerprint density at radius 3 is 2.55 bits per heavy atom. The van der Waals surface area contributed by atoms with Gasteiger partial charge in [-0.1, -0.05) is 59.6 Å². The first-order chi connectivity index (χ1) is 16.1. The van der Waals surface area contributed by atoms with E-state index in [1.807, 2.05) is 71.6 Å². The topological polar surface area (TPSA) is 49.2 Å². The molecule has 0 bridgehead atoms. The lowest BCUT2D eigenvalue weighted by Gasteiger charge is -2.26. The van der Waals surface area contributed by atoms with Crippen LogP contribution in [0.2, 0.25) is 10.0 Å². The van der Waals surface area contributed by atoms with Gasteiger partial charge >= 0.3 is 0 Å². The number of hydrogen-bond donors (Lipinski definition) is 1. The molecule has 3 heterocycles. The molecule has 33 heavy (non-hydrogen) atoms. The monoisotopic (exact) mass is 472 g/mol. The molecule has 0 spiro atoms. The number of amides is 1. The third-order valence-corrected chi connectivity index (χ3v) is 6.73.